The Hall–Kier alpha value is -3.15. The zero-order valence-corrected chi connectivity index (χ0v) is 15.8. The number of rotatable bonds is 7. The zero-order chi connectivity index (χ0) is 19.2. The molecule has 27 heavy (non-hydrogen) atoms. The smallest absolute Gasteiger partial charge is 0.260 e. The van der Waals surface area contributed by atoms with Crippen molar-refractivity contribution in [2.75, 3.05) is 13.2 Å². The molecule has 0 saturated carbocycles. The van der Waals surface area contributed by atoms with Crippen LogP contribution in [0.2, 0.25) is 0 Å². The summed E-state index contributed by atoms with van der Waals surface area (Å²) >= 11 is 0. The zero-order valence-electron chi connectivity index (χ0n) is 15.8. The van der Waals surface area contributed by atoms with Gasteiger partial charge in [-0.2, -0.15) is 4.98 Å². The van der Waals surface area contributed by atoms with E-state index in [0.717, 1.165) is 11.1 Å². The third kappa shape index (κ3) is 4.73. The van der Waals surface area contributed by atoms with Crippen molar-refractivity contribution in [2.45, 2.75) is 27.3 Å². The Labute approximate surface area is 158 Å². The highest BCUT2D eigenvalue weighted by Gasteiger charge is 2.17. The molecule has 1 amide bonds. The predicted octanol–water partition coefficient (Wildman–Crippen LogP) is 3.78. The number of ether oxygens (including phenoxy) is 1. The average molecular weight is 365 g/mol. The van der Waals surface area contributed by atoms with Crippen molar-refractivity contribution in [3.8, 4) is 17.1 Å². The fourth-order valence-corrected chi connectivity index (χ4v) is 2.60. The summed E-state index contributed by atoms with van der Waals surface area (Å²) in [5, 5.41) is 3.99. The molecule has 1 heterocycles. The lowest BCUT2D eigenvalue weighted by Gasteiger charge is -2.19. The Bertz CT molecular complexity index is 906. The highest BCUT2D eigenvalue weighted by Crippen LogP contribution is 2.17. The van der Waals surface area contributed by atoms with Crippen LogP contribution in [0.4, 0.5) is 0 Å². The van der Waals surface area contributed by atoms with E-state index < -0.39 is 0 Å². The van der Waals surface area contributed by atoms with E-state index in [-0.39, 0.29) is 19.1 Å². The maximum absolute atomic E-state index is 12.5. The number of carbonyl (C=O) groups excluding carboxylic acids is 1. The topological polar surface area (TPSA) is 68.5 Å². The lowest BCUT2D eigenvalue weighted by Crippen LogP contribution is -2.34. The van der Waals surface area contributed by atoms with Crippen LogP contribution in [0.5, 0.6) is 5.75 Å². The van der Waals surface area contributed by atoms with E-state index in [0.29, 0.717) is 24.0 Å². The third-order valence-electron chi connectivity index (χ3n) is 4.40. The second kappa shape index (κ2) is 8.49. The van der Waals surface area contributed by atoms with Crippen molar-refractivity contribution in [1.82, 2.24) is 15.0 Å². The summed E-state index contributed by atoms with van der Waals surface area (Å²) in [5.74, 6) is 1.47. The largest absolute Gasteiger partial charge is 0.484 e. The molecular formula is C21H23N3O3. The molecule has 3 rings (SSSR count). The van der Waals surface area contributed by atoms with Gasteiger partial charge < -0.3 is 14.2 Å². The molecule has 0 spiro atoms. The summed E-state index contributed by atoms with van der Waals surface area (Å²) in [6.45, 7) is 6.71. The number of amides is 1. The van der Waals surface area contributed by atoms with Gasteiger partial charge in [0.05, 0.1) is 0 Å². The van der Waals surface area contributed by atoms with Crippen molar-refractivity contribution >= 4 is 5.91 Å². The summed E-state index contributed by atoms with van der Waals surface area (Å²) in [5.41, 5.74) is 3.20. The van der Waals surface area contributed by atoms with E-state index in [2.05, 4.69) is 10.1 Å². The number of nitrogens with zero attached hydrogens (tertiary/aromatic N) is 3. The SMILES string of the molecule is CCN(Cc1nc(-c2ccccc2)no1)C(=O)COc1ccc(C)c(C)c1. The minimum atomic E-state index is -0.129. The molecule has 0 aliphatic rings. The van der Waals surface area contributed by atoms with Crippen molar-refractivity contribution in [3.05, 3.63) is 65.5 Å². The molecule has 0 atom stereocenters. The van der Waals surface area contributed by atoms with Gasteiger partial charge in [-0.15, -0.1) is 0 Å². The van der Waals surface area contributed by atoms with Crippen LogP contribution in [0, 0.1) is 13.8 Å². The number of hydrogen-bond donors (Lipinski definition) is 0. The van der Waals surface area contributed by atoms with Gasteiger partial charge in [0.25, 0.3) is 5.91 Å². The molecule has 6 nitrogen and oxygen atoms in total. The van der Waals surface area contributed by atoms with Gasteiger partial charge in [-0.1, -0.05) is 41.6 Å². The molecule has 0 N–H and O–H groups in total. The lowest BCUT2D eigenvalue weighted by atomic mass is 10.1. The molecular weight excluding hydrogens is 342 g/mol. The van der Waals surface area contributed by atoms with E-state index in [1.165, 1.54) is 5.56 Å². The molecule has 3 aromatic rings. The Kier molecular flexibility index (Phi) is 5.86. The Balaban J connectivity index is 1.60. The summed E-state index contributed by atoms with van der Waals surface area (Å²) in [4.78, 5) is 18.5. The Morgan fingerprint density at radius 2 is 1.89 bits per heavy atom. The average Bonchev–Trinajstić information content (AvgIpc) is 3.16. The van der Waals surface area contributed by atoms with Crippen molar-refractivity contribution < 1.29 is 14.1 Å². The molecule has 0 unspecified atom stereocenters. The molecule has 0 radical (unpaired) electrons. The maximum atomic E-state index is 12.5. The van der Waals surface area contributed by atoms with Gasteiger partial charge in [0.2, 0.25) is 11.7 Å². The van der Waals surface area contributed by atoms with E-state index >= 15 is 0 Å². The van der Waals surface area contributed by atoms with Gasteiger partial charge in [-0.25, -0.2) is 0 Å². The van der Waals surface area contributed by atoms with Gasteiger partial charge in [0, 0.05) is 12.1 Å². The number of aryl methyl sites for hydroxylation is 2. The van der Waals surface area contributed by atoms with Crippen molar-refractivity contribution in [2.24, 2.45) is 0 Å². The van der Waals surface area contributed by atoms with Crippen LogP contribution in [0.1, 0.15) is 23.9 Å². The van der Waals surface area contributed by atoms with E-state index in [1.807, 2.05) is 69.3 Å². The van der Waals surface area contributed by atoms with Gasteiger partial charge in [0.15, 0.2) is 6.61 Å². The van der Waals surface area contributed by atoms with Crippen molar-refractivity contribution in [1.29, 1.82) is 0 Å². The standard InChI is InChI=1S/C21H23N3O3/c1-4-24(20(25)14-26-18-11-10-15(2)16(3)12-18)13-19-22-21(23-27-19)17-8-6-5-7-9-17/h5-12H,4,13-14H2,1-3H3. The summed E-state index contributed by atoms with van der Waals surface area (Å²) < 4.78 is 10.9. The normalized spacial score (nSPS) is 10.6. The van der Waals surface area contributed by atoms with Crippen LogP contribution in [0.15, 0.2) is 53.1 Å². The fourth-order valence-electron chi connectivity index (χ4n) is 2.60. The van der Waals surface area contributed by atoms with Crippen LogP contribution in [0.3, 0.4) is 0 Å². The molecule has 0 fully saturated rings. The monoisotopic (exact) mass is 365 g/mol. The second-order valence-corrected chi connectivity index (χ2v) is 6.32. The maximum Gasteiger partial charge on any atom is 0.260 e. The summed E-state index contributed by atoms with van der Waals surface area (Å²) in [7, 11) is 0. The first-order valence-electron chi connectivity index (χ1n) is 8.92. The highest BCUT2D eigenvalue weighted by atomic mass is 16.5. The number of likely N-dealkylation sites (N-methyl/N-ethyl adjacent to an activating group) is 1. The number of benzene rings is 2. The van der Waals surface area contributed by atoms with E-state index in [1.54, 1.807) is 4.90 Å². The van der Waals surface area contributed by atoms with Gasteiger partial charge >= 0.3 is 0 Å². The first-order chi connectivity index (χ1) is 13.1. The predicted molar refractivity (Wildman–Crippen MR) is 102 cm³/mol. The van der Waals surface area contributed by atoms with E-state index in [9.17, 15) is 4.79 Å². The first-order valence-corrected chi connectivity index (χ1v) is 8.92. The van der Waals surface area contributed by atoms with Crippen LogP contribution in [-0.4, -0.2) is 34.1 Å². The molecule has 0 bridgehead atoms. The quantitative estimate of drug-likeness (QED) is 0.637. The Morgan fingerprint density at radius 1 is 1.11 bits per heavy atom. The molecule has 0 saturated heterocycles. The van der Waals surface area contributed by atoms with Crippen LogP contribution in [0.25, 0.3) is 11.4 Å². The van der Waals surface area contributed by atoms with Gasteiger partial charge in [0.1, 0.15) is 12.3 Å². The lowest BCUT2D eigenvalue weighted by molar-refractivity contribution is -0.134. The van der Waals surface area contributed by atoms with Gasteiger partial charge in [-0.3, -0.25) is 4.79 Å². The second-order valence-electron chi connectivity index (χ2n) is 6.32. The molecule has 1 aromatic heterocycles. The van der Waals surface area contributed by atoms with Crippen molar-refractivity contribution in [3.63, 3.8) is 0 Å². The third-order valence-corrected chi connectivity index (χ3v) is 4.40. The number of aromatic nitrogens is 2. The fraction of sp³-hybridized carbons (Fsp3) is 0.286. The first kappa shape index (κ1) is 18.6. The number of hydrogen-bond acceptors (Lipinski definition) is 5. The minimum Gasteiger partial charge on any atom is -0.484 e. The van der Waals surface area contributed by atoms with E-state index in [4.69, 9.17) is 9.26 Å². The molecule has 0 aliphatic carbocycles. The molecule has 0 aliphatic heterocycles. The molecule has 2 aromatic carbocycles. The molecule has 140 valence electrons. The summed E-state index contributed by atoms with van der Waals surface area (Å²) in [6.07, 6.45) is 0. The van der Waals surface area contributed by atoms with Crippen LogP contribution in [-0.2, 0) is 11.3 Å². The highest BCUT2D eigenvalue weighted by molar-refractivity contribution is 5.77. The van der Waals surface area contributed by atoms with Crippen LogP contribution >= 0.6 is 0 Å². The molecule has 6 heteroatoms. The summed E-state index contributed by atoms with van der Waals surface area (Å²) in [6, 6.07) is 15.4. The minimum absolute atomic E-state index is 0.0317. The van der Waals surface area contributed by atoms with Crippen LogP contribution < -0.4 is 4.74 Å². The number of carbonyl (C=O) groups is 1. The van der Waals surface area contributed by atoms with Gasteiger partial charge in [-0.05, 0) is 44.0 Å². The Morgan fingerprint density at radius 3 is 2.59 bits per heavy atom.